The molecule has 0 aliphatic rings. The first kappa shape index (κ1) is 9.77. The number of H-pyrrole nitrogens is 1. The van der Waals surface area contributed by atoms with Crippen molar-refractivity contribution < 1.29 is 0 Å². The fraction of sp³-hybridized carbons (Fsp3) is 0.250. The Kier molecular flexibility index (Phi) is 2.46. The zero-order chi connectivity index (χ0) is 10.8. The second kappa shape index (κ2) is 3.77. The lowest BCUT2D eigenvalue weighted by Crippen LogP contribution is -2.13. The van der Waals surface area contributed by atoms with Gasteiger partial charge in [-0.3, -0.25) is 9.89 Å². The fourth-order valence-electron chi connectivity index (χ4n) is 1.53. The predicted octanol–water partition coefficient (Wildman–Crippen LogP) is 2.29. The molecule has 1 aromatic heterocycles. The Morgan fingerprint density at radius 3 is 2.27 bits per heavy atom. The molecule has 0 saturated carbocycles. The van der Waals surface area contributed by atoms with Crippen molar-refractivity contribution >= 4 is 0 Å². The highest BCUT2D eigenvalue weighted by Gasteiger charge is 2.01. The highest BCUT2D eigenvalue weighted by atomic mass is 16.1. The van der Waals surface area contributed by atoms with Crippen LogP contribution in [0.1, 0.15) is 25.3 Å². The van der Waals surface area contributed by atoms with Gasteiger partial charge in [0, 0.05) is 12.3 Å². The van der Waals surface area contributed by atoms with E-state index in [-0.39, 0.29) is 5.56 Å². The molecule has 0 radical (unpaired) electrons. The van der Waals surface area contributed by atoms with E-state index in [2.05, 4.69) is 18.9 Å². The minimum Gasteiger partial charge on any atom is -0.298 e. The summed E-state index contributed by atoms with van der Waals surface area (Å²) in [5, 5.41) is 2.87. The summed E-state index contributed by atoms with van der Waals surface area (Å²) in [6, 6.07) is 9.51. The van der Waals surface area contributed by atoms with Gasteiger partial charge >= 0.3 is 0 Å². The first-order valence-electron chi connectivity index (χ1n) is 5.05. The third kappa shape index (κ3) is 1.86. The minimum absolute atomic E-state index is 0.0349. The summed E-state index contributed by atoms with van der Waals surface area (Å²) in [6.45, 7) is 4.30. The van der Waals surface area contributed by atoms with Gasteiger partial charge < -0.3 is 0 Å². The van der Waals surface area contributed by atoms with Crippen LogP contribution in [0.4, 0.5) is 0 Å². The van der Waals surface area contributed by atoms with E-state index < -0.39 is 0 Å². The summed E-state index contributed by atoms with van der Waals surface area (Å²) in [4.78, 5) is 11.4. The lowest BCUT2D eigenvalue weighted by atomic mass is 10.0. The summed E-state index contributed by atoms with van der Waals surface area (Å²) < 4.78 is 1.52. The van der Waals surface area contributed by atoms with Crippen molar-refractivity contribution in [1.29, 1.82) is 0 Å². The Hall–Kier alpha value is -1.77. The van der Waals surface area contributed by atoms with Gasteiger partial charge in [0.2, 0.25) is 0 Å². The molecule has 3 heteroatoms. The van der Waals surface area contributed by atoms with Gasteiger partial charge in [0.1, 0.15) is 0 Å². The van der Waals surface area contributed by atoms with Crippen LogP contribution in [0, 0.1) is 0 Å². The largest absolute Gasteiger partial charge is 0.298 e. The van der Waals surface area contributed by atoms with E-state index in [4.69, 9.17) is 0 Å². The highest BCUT2D eigenvalue weighted by molar-refractivity contribution is 5.34. The summed E-state index contributed by atoms with van der Waals surface area (Å²) in [5.74, 6) is 0.513. The van der Waals surface area contributed by atoms with E-state index in [0.717, 1.165) is 5.69 Å². The molecule has 0 saturated heterocycles. The van der Waals surface area contributed by atoms with Crippen LogP contribution in [0.25, 0.3) is 5.69 Å². The molecule has 3 nitrogen and oxygen atoms in total. The van der Waals surface area contributed by atoms with Crippen molar-refractivity contribution in [3.05, 3.63) is 52.4 Å². The molecular weight excluding hydrogens is 188 g/mol. The Morgan fingerprint density at radius 2 is 1.80 bits per heavy atom. The molecule has 0 bridgehead atoms. The van der Waals surface area contributed by atoms with Crippen molar-refractivity contribution in [2.75, 3.05) is 0 Å². The van der Waals surface area contributed by atoms with Gasteiger partial charge in [0.25, 0.3) is 5.56 Å². The van der Waals surface area contributed by atoms with Crippen molar-refractivity contribution in [3.8, 4) is 5.69 Å². The van der Waals surface area contributed by atoms with Crippen LogP contribution in [0.3, 0.4) is 0 Å². The monoisotopic (exact) mass is 202 g/mol. The Balaban J connectivity index is 2.40. The molecule has 0 aliphatic carbocycles. The maximum atomic E-state index is 11.4. The van der Waals surface area contributed by atoms with E-state index in [1.165, 1.54) is 16.3 Å². The topological polar surface area (TPSA) is 37.8 Å². The molecule has 2 rings (SSSR count). The van der Waals surface area contributed by atoms with Crippen LogP contribution >= 0.6 is 0 Å². The number of nitrogens with one attached hydrogen (secondary N) is 1. The zero-order valence-corrected chi connectivity index (χ0v) is 8.90. The number of aromatic amines is 1. The number of nitrogens with zero attached hydrogens (tertiary/aromatic N) is 1. The van der Waals surface area contributed by atoms with E-state index >= 15 is 0 Å². The minimum atomic E-state index is -0.0349. The molecule has 1 aromatic carbocycles. The molecule has 0 amide bonds. The third-order valence-corrected chi connectivity index (χ3v) is 2.47. The average molecular weight is 202 g/mol. The van der Waals surface area contributed by atoms with Crippen molar-refractivity contribution in [2.24, 2.45) is 0 Å². The summed E-state index contributed by atoms with van der Waals surface area (Å²) in [6.07, 6.45) is 1.64. The van der Waals surface area contributed by atoms with Crippen LogP contribution in [-0.2, 0) is 0 Å². The number of rotatable bonds is 2. The molecule has 0 fully saturated rings. The first-order valence-corrected chi connectivity index (χ1v) is 5.05. The van der Waals surface area contributed by atoms with Gasteiger partial charge in [0.15, 0.2) is 0 Å². The van der Waals surface area contributed by atoms with E-state index in [1.54, 1.807) is 6.20 Å². The van der Waals surface area contributed by atoms with Crippen LogP contribution < -0.4 is 5.56 Å². The van der Waals surface area contributed by atoms with E-state index in [1.807, 2.05) is 24.3 Å². The van der Waals surface area contributed by atoms with Crippen LogP contribution in [0.15, 0.2) is 41.3 Å². The second-order valence-electron chi connectivity index (χ2n) is 3.88. The Labute approximate surface area is 88.4 Å². The SMILES string of the molecule is CC(C)c1ccc(-n2[nH]ccc2=O)cc1. The van der Waals surface area contributed by atoms with Crippen molar-refractivity contribution in [2.45, 2.75) is 19.8 Å². The van der Waals surface area contributed by atoms with Crippen molar-refractivity contribution in [1.82, 2.24) is 9.78 Å². The van der Waals surface area contributed by atoms with Crippen LogP contribution in [-0.4, -0.2) is 9.78 Å². The highest BCUT2D eigenvalue weighted by Crippen LogP contribution is 2.15. The molecule has 0 atom stereocenters. The number of hydrogen-bond donors (Lipinski definition) is 1. The van der Waals surface area contributed by atoms with Gasteiger partial charge in [-0.2, -0.15) is 0 Å². The van der Waals surface area contributed by atoms with Gasteiger partial charge in [-0.05, 0) is 23.6 Å². The Bertz CT molecular complexity index is 491. The maximum absolute atomic E-state index is 11.4. The summed E-state index contributed by atoms with van der Waals surface area (Å²) in [5.41, 5.74) is 2.11. The second-order valence-corrected chi connectivity index (χ2v) is 3.88. The standard InChI is InChI=1S/C12H14N2O/c1-9(2)10-3-5-11(6-4-10)14-12(15)7-8-13-14/h3-9,13H,1-2H3. The lowest BCUT2D eigenvalue weighted by Gasteiger charge is -2.06. The number of hydrogen-bond acceptors (Lipinski definition) is 1. The molecule has 78 valence electrons. The first-order chi connectivity index (χ1) is 7.18. The maximum Gasteiger partial charge on any atom is 0.271 e. The molecule has 0 aliphatic heterocycles. The fourth-order valence-corrected chi connectivity index (χ4v) is 1.53. The van der Waals surface area contributed by atoms with Crippen LogP contribution in [0.5, 0.6) is 0 Å². The zero-order valence-electron chi connectivity index (χ0n) is 8.90. The van der Waals surface area contributed by atoms with Gasteiger partial charge in [-0.25, -0.2) is 4.68 Å². The van der Waals surface area contributed by atoms with Crippen LogP contribution in [0.2, 0.25) is 0 Å². The lowest BCUT2D eigenvalue weighted by molar-refractivity contribution is 0.838. The predicted molar refractivity (Wildman–Crippen MR) is 60.5 cm³/mol. The molecular formula is C12H14N2O. The van der Waals surface area contributed by atoms with Gasteiger partial charge in [-0.15, -0.1) is 0 Å². The molecule has 2 aromatic rings. The molecule has 0 unspecified atom stereocenters. The van der Waals surface area contributed by atoms with E-state index in [9.17, 15) is 4.79 Å². The molecule has 0 spiro atoms. The third-order valence-electron chi connectivity index (χ3n) is 2.47. The normalized spacial score (nSPS) is 10.9. The number of aromatic nitrogens is 2. The van der Waals surface area contributed by atoms with Gasteiger partial charge in [-0.1, -0.05) is 26.0 Å². The molecule has 1 heterocycles. The number of benzene rings is 1. The van der Waals surface area contributed by atoms with Gasteiger partial charge in [0.05, 0.1) is 5.69 Å². The van der Waals surface area contributed by atoms with E-state index in [0.29, 0.717) is 5.92 Å². The Morgan fingerprint density at radius 1 is 1.13 bits per heavy atom. The quantitative estimate of drug-likeness (QED) is 0.797. The average Bonchev–Trinajstić information content (AvgIpc) is 2.65. The summed E-state index contributed by atoms with van der Waals surface area (Å²) in [7, 11) is 0. The molecule has 1 N–H and O–H groups in total. The molecule has 15 heavy (non-hydrogen) atoms. The van der Waals surface area contributed by atoms with Crippen molar-refractivity contribution in [3.63, 3.8) is 0 Å². The summed E-state index contributed by atoms with van der Waals surface area (Å²) >= 11 is 0. The smallest absolute Gasteiger partial charge is 0.271 e.